The van der Waals surface area contributed by atoms with Crippen LogP contribution in [0.15, 0.2) is 65.1 Å². The number of benzene rings is 2. The highest BCUT2D eigenvalue weighted by Crippen LogP contribution is 2.54. The summed E-state index contributed by atoms with van der Waals surface area (Å²) in [6.45, 7) is 0.608. The fourth-order valence-electron chi connectivity index (χ4n) is 3.01. The summed E-state index contributed by atoms with van der Waals surface area (Å²) in [5.74, 6) is 1.84. The van der Waals surface area contributed by atoms with Crippen LogP contribution in [0.3, 0.4) is 0 Å². The van der Waals surface area contributed by atoms with Crippen LogP contribution in [0.25, 0.3) is 0 Å². The number of hydrogen-bond acceptors (Lipinski definition) is 4. The molecule has 0 bridgehead atoms. The maximum absolute atomic E-state index is 9.30. The van der Waals surface area contributed by atoms with Crippen molar-refractivity contribution in [3.63, 3.8) is 0 Å². The summed E-state index contributed by atoms with van der Waals surface area (Å²) < 4.78 is 5.86. The normalized spacial score (nSPS) is 18.8. The lowest BCUT2D eigenvalue weighted by molar-refractivity contribution is 0.505. The van der Waals surface area contributed by atoms with Gasteiger partial charge in [0.25, 0.3) is 0 Å². The Bertz CT molecular complexity index is 865. The number of hydrogen-bond donors (Lipinski definition) is 1. The van der Waals surface area contributed by atoms with Gasteiger partial charge in [-0.15, -0.1) is 0 Å². The minimum absolute atomic E-state index is 0.270. The first-order valence-corrected chi connectivity index (χ1v) is 8.08. The summed E-state index contributed by atoms with van der Waals surface area (Å²) >= 11 is 0. The van der Waals surface area contributed by atoms with E-state index in [0.29, 0.717) is 29.9 Å². The van der Waals surface area contributed by atoms with Crippen LogP contribution in [-0.4, -0.2) is 4.98 Å². The van der Waals surface area contributed by atoms with Crippen LogP contribution in [0.4, 0.5) is 5.88 Å². The summed E-state index contributed by atoms with van der Waals surface area (Å²) in [4.78, 5) is 4.39. The van der Waals surface area contributed by atoms with E-state index in [2.05, 4.69) is 28.5 Å². The molecule has 4 rings (SSSR count). The van der Waals surface area contributed by atoms with Crippen molar-refractivity contribution in [1.29, 1.82) is 5.26 Å². The zero-order valence-electron chi connectivity index (χ0n) is 13.1. The Labute approximate surface area is 140 Å². The molecule has 0 spiro atoms. The monoisotopic (exact) mass is 315 g/mol. The van der Waals surface area contributed by atoms with Crippen molar-refractivity contribution in [2.45, 2.75) is 24.8 Å². The maximum Gasteiger partial charge on any atom is 0.232 e. The summed E-state index contributed by atoms with van der Waals surface area (Å²) in [7, 11) is 0. The van der Waals surface area contributed by atoms with E-state index in [9.17, 15) is 5.26 Å². The average molecular weight is 315 g/mol. The largest absolute Gasteiger partial charge is 0.424 e. The molecule has 0 saturated heterocycles. The fraction of sp³-hybridized carbons (Fsp3) is 0.200. The zero-order valence-corrected chi connectivity index (χ0v) is 13.1. The van der Waals surface area contributed by atoms with E-state index >= 15 is 0 Å². The van der Waals surface area contributed by atoms with Gasteiger partial charge >= 0.3 is 0 Å². The Morgan fingerprint density at radius 3 is 2.46 bits per heavy atom. The van der Waals surface area contributed by atoms with Gasteiger partial charge in [-0.05, 0) is 23.5 Å². The minimum Gasteiger partial charge on any atom is -0.424 e. The van der Waals surface area contributed by atoms with Crippen LogP contribution >= 0.6 is 0 Å². The van der Waals surface area contributed by atoms with Crippen molar-refractivity contribution in [3.05, 3.63) is 83.4 Å². The Morgan fingerprint density at radius 1 is 1.04 bits per heavy atom. The first kappa shape index (κ1) is 14.5. The van der Waals surface area contributed by atoms with Gasteiger partial charge in [-0.3, -0.25) is 0 Å². The first-order chi connectivity index (χ1) is 11.8. The second-order valence-electron chi connectivity index (χ2n) is 6.04. The predicted molar refractivity (Wildman–Crippen MR) is 91.5 cm³/mol. The number of rotatable bonds is 5. The summed E-state index contributed by atoms with van der Waals surface area (Å²) in [6, 6.07) is 22.5. The number of anilines is 1. The predicted octanol–water partition coefficient (Wildman–Crippen LogP) is 4.43. The number of oxazole rings is 1. The van der Waals surface area contributed by atoms with Gasteiger partial charge < -0.3 is 9.73 Å². The Morgan fingerprint density at radius 2 is 1.75 bits per heavy atom. The maximum atomic E-state index is 9.30. The Hall–Kier alpha value is -3.06. The molecule has 4 heteroatoms. The number of nitrogens with one attached hydrogen (secondary N) is 1. The molecule has 3 aromatic rings. The molecule has 2 aromatic carbocycles. The second-order valence-corrected chi connectivity index (χ2v) is 6.04. The van der Waals surface area contributed by atoms with Crippen LogP contribution in [0.5, 0.6) is 0 Å². The third-order valence-corrected chi connectivity index (χ3v) is 4.38. The van der Waals surface area contributed by atoms with Crippen LogP contribution in [0.2, 0.25) is 0 Å². The molecule has 1 N–H and O–H groups in total. The molecule has 118 valence electrons. The average Bonchev–Trinajstić information content (AvgIpc) is 3.34. The highest BCUT2D eigenvalue weighted by molar-refractivity contribution is 5.47. The van der Waals surface area contributed by atoms with Gasteiger partial charge in [-0.2, -0.15) is 5.26 Å². The molecule has 0 amide bonds. The van der Waals surface area contributed by atoms with E-state index in [-0.39, 0.29) is 5.92 Å². The van der Waals surface area contributed by atoms with Crippen molar-refractivity contribution in [2.75, 3.05) is 5.32 Å². The second kappa shape index (κ2) is 6.21. The van der Waals surface area contributed by atoms with E-state index in [1.54, 1.807) is 0 Å². The smallest absolute Gasteiger partial charge is 0.232 e. The fourth-order valence-corrected chi connectivity index (χ4v) is 3.01. The Kier molecular flexibility index (Phi) is 3.76. The topological polar surface area (TPSA) is 61.9 Å². The van der Waals surface area contributed by atoms with Gasteiger partial charge in [0, 0.05) is 12.5 Å². The quantitative estimate of drug-likeness (QED) is 0.756. The van der Waals surface area contributed by atoms with Gasteiger partial charge in [-0.1, -0.05) is 60.7 Å². The van der Waals surface area contributed by atoms with Crippen LogP contribution in [0.1, 0.15) is 41.0 Å². The molecule has 1 saturated carbocycles. The summed E-state index contributed by atoms with van der Waals surface area (Å²) in [5.41, 5.74) is 2.77. The first-order valence-electron chi connectivity index (χ1n) is 8.08. The van der Waals surface area contributed by atoms with E-state index in [1.165, 1.54) is 5.56 Å². The molecule has 1 aliphatic carbocycles. The van der Waals surface area contributed by atoms with Crippen LogP contribution in [0, 0.1) is 11.3 Å². The van der Waals surface area contributed by atoms with Crippen molar-refractivity contribution < 1.29 is 4.42 Å². The summed E-state index contributed by atoms with van der Waals surface area (Å²) in [6.07, 6.45) is 1.02. The molecule has 0 radical (unpaired) electrons. The number of nitrogens with zero attached hydrogens (tertiary/aromatic N) is 2. The van der Waals surface area contributed by atoms with Crippen LogP contribution < -0.4 is 5.32 Å². The zero-order chi connectivity index (χ0) is 16.4. The summed E-state index contributed by atoms with van der Waals surface area (Å²) in [5, 5.41) is 12.5. The molecule has 2 unspecified atom stereocenters. The van der Waals surface area contributed by atoms with Crippen LogP contribution in [-0.2, 0) is 6.54 Å². The molecule has 1 fully saturated rings. The van der Waals surface area contributed by atoms with E-state index in [4.69, 9.17) is 4.42 Å². The SMILES string of the molecule is N#Cc1nc(C2CC2c2ccccc2)oc1NCc1ccccc1. The third-order valence-electron chi connectivity index (χ3n) is 4.38. The lowest BCUT2D eigenvalue weighted by atomic mass is 10.1. The Balaban J connectivity index is 1.48. The van der Waals surface area contributed by atoms with Crippen molar-refractivity contribution in [3.8, 4) is 6.07 Å². The molecule has 2 atom stereocenters. The van der Waals surface area contributed by atoms with Crippen molar-refractivity contribution in [2.24, 2.45) is 0 Å². The molecule has 1 heterocycles. The van der Waals surface area contributed by atoms with Crippen molar-refractivity contribution >= 4 is 5.88 Å². The van der Waals surface area contributed by atoms with Gasteiger partial charge in [0.15, 0.2) is 0 Å². The molecule has 1 aromatic heterocycles. The lowest BCUT2D eigenvalue weighted by Gasteiger charge is -2.02. The molecular weight excluding hydrogens is 298 g/mol. The van der Waals surface area contributed by atoms with Gasteiger partial charge in [0.1, 0.15) is 6.07 Å². The molecular formula is C20H17N3O. The molecule has 24 heavy (non-hydrogen) atoms. The van der Waals surface area contributed by atoms with E-state index in [1.807, 2.05) is 48.5 Å². The standard InChI is InChI=1S/C20H17N3O/c21-12-18-20(22-13-14-7-3-1-4-8-14)24-19(23-18)17-11-16(17)15-9-5-2-6-10-15/h1-10,16-17,22H,11,13H2. The highest BCUT2D eigenvalue weighted by atomic mass is 16.4. The van der Waals surface area contributed by atoms with Gasteiger partial charge in [-0.25, -0.2) is 4.98 Å². The third kappa shape index (κ3) is 2.89. The molecule has 4 nitrogen and oxygen atoms in total. The minimum atomic E-state index is 0.270. The molecule has 0 aliphatic heterocycles. The van der Waals surface area contributed by atoms with E-state index in [0.717, 1.165) is 12.0 Å². The van der Waals surface area contributed by atoms with Gasteiger partial charge in [0.05, 0.1) is 0 Å². The van der Waals surface area contributed by atoms with E-state index < -0.39 is 0 Å². The van der Waals surface area contributed by atoms with Gasteiger partial charge in [0.2, 0.25) is 17.5 Å². The van der Waals surface area contributed by atoms with Crippen molar-refractivity contribution in [1.82, 2.24) is 4.98 Å². The number of nitriles is 1. The number of aromatic nitrogens is 1. The lowest BCUT2D eigenvalue weighted by Crippen LogP contribution is -1.99. The molecule has 1 aliphatic rings. The highest BCUT2D eigenvalue weighted by Gasteiger charge is 2.43.